The smallest absolute Gasteiger partial charge is 0.191 e. The van der Waals surface area contributed by atoms with Crippen LogP contribution in [0.25, 0.3) is 22.1 Å². The Balaban J connectivity index is 1.26. The van der Waals surface area contributed by atoms with Crippen molar-refractivity contribution in [2.75, 3.05) is 20.1 Å². The molecule has 0 bridgehead atoms. The standard InChI is InChI=1S/C23H29N7/c1-17-27-19-9-4-6-11-21(19)29(17)15-8-13-25-23(24-3)26-14-16-30-18(2)28-20-10-5-7-12-22(20)30/h4-7,9-12H,8,13-16H2,1-3H3,(H2,24,25,26). The van der Waals surface area contributed by atoms with E-state index in [0.717, 1.165) is 61.2 Å². The van der Waals surface area contributed by atoms with Crippen LogP contribution in [-0.4, -0.2) is 45.2 Å². The van der Waals surface area contributed by atoms with Gasteiger partial charge in [-0.1, -0.05) is 24.3 Å². The number of aryl methyl sites for hydroxylation is 3. The average Bonchev–Trinajstić information content (AvgIpc) is 3.25. The summed E-state index contributed by atoms with van der Waals surface area (Å²) in [6.45, 7) is 7.51. The summed E-state index contributed by atoms with van der Waals surface area (Å²) < 4.78 is 4.52. The van der Waals surface area contributed by atoms with Gasteiger partial charge in [0.05, 0.1) is 22.1 Å². The normalized spacial score (nSPS) is 12.0. The number of hydrogen-bond acceptors (Lipinski definition) is 3. The fraction of sp³-hybridized carbons (Fsp3) is 0.348. The van der Waals surface area contributed by atoms with E-state index in [4.69, 9.17) is 0 Å². The summed E-state index contributed by atoms with van der Waals surface area (Å²) in [7, 11) is 1.81. The van der Waals surface area contributed by atoms with Crippen LogP contribution in [0.3, 0.4) is 0 Å². The van der Waals surface area contributed by atoms with Crippen LogP contribution in [0.5, 0.6) is 0 Å². The van der Waals surface area contributed by atoms with E-state index in [2.05, 4.69) is 85.0 Å². The number of benzene rings is 2. The Morgan fingerprint density at radius 1 is 0.800 bits per heavy atom. The number of fused-ring (bicyclic) bond motifs is 2. The van der Waals surface area contributed by atoms with Gasteiger partial charge >= 0.3 is 0 Å². The van der Waals surface area contributed by atoms with Crippen molar-refractivity contribution in [3.63, 3.8) is 0 Å². The number of nitrogens with one attached hydrogen (secondary N) is 2. The Morgan fingerprint density at radius 3 is 1.93 bits per heavy atom. The highest BCUT2D eigenvalue weighted by atomic mass is 15.2. The molecule has 156 valence electrons. The number of aromatic nitrogens is 4. The molecule has 0 aliphatic carbocycles. The topological polar surface area (TPSA) is 72.1 Å². The molecule has 4 rings (SSSR count). The summed E-state index contributed by atoms with van der Waals surface area (Å²) in [5.41, 5.74) is 4.46. The van der Waals surface area contributed by atoms with Crippen LogP contribution in [0.15, 0.2) is 53.5 Å². The number of rotatable bonds is 7. The molecule has 30 heavy (non-hydrogen) atoms. The number of guanidine groups is 1. The number of nitrogens with zero attached hydrogens (tertiary/aromatic N) is 5. The molecule has 0 aliphatic rings. The second kappa shape index (κ2) is 8.98. The minimum atomic E-state index is 0.784. The zero-order valence-corrected chi connectivity index (χ0v) is 17.9. The lowest BCUT2D eigenvalue weighted by Crippen LogP contribution is -2.39. The Bertz CT molecular complexity index is 1170. The lowest BCUT2D eigenvalue weighted by Gasteiger charge is -2.14. The molecule has 0 spiro atoms. The summed E-state index contributed by atoms with van der Waals surface area (Å²) in [5.74, 6) is 2.91. The quantitative estimate of drug-likeness (QED) is 0.282. The van der Waals surface area contributed by atoms with E-state index in [9.17, 15) is 0 Å². The molecule has 7 heteroatoms. The van der Waals surface area contributed by atoms with E-state index < -0.39 is 0 Å². The molecule has 0 radical (unpaired) electrons. The van der Waals surface area contributed by atoms with E-state index in [-0.39, 0.29) is 0 Å². The van der Waals surface area contributed by atoms with Crippen molar-refractivity contribution in [1.29, 1.82) is 0 Å². The average molecular weight is 404 g/mol. The first kappa shape index (κ1) is 19.9. The van der Waals surface area contributed by atoms with Crippen molar-refractivity contribution in [3.8, 4) is 0 Å². The molecule has 2 aromatic carbocycles. The van der Waals surface area contributed by atoms with Gasteiger partial charge in [0.15, 0.2) is 5.96 Å². The van der Waals surface area contributed by atoms with Crippen molar-refractivity contribution in [2.24, 2.45) is 4.99 Å². The van der Waals surface area contributed by atoms with Crippen LogP contribution >= 0.6 is 0 Å². The maximum atomic E-state index is 4.64. The first-order chi connectivity index (χ1) is 14.7. The van der Waals surface area contributed by atoms with Crippen molar-refractivity contribution in [2.45, 2.75) is 33.4 Å². The second-order valence-corrected chi connectivity index (χ2v) is 7.38. The molecule has 0 aliphatic heterocycles. The van der Waals surface area contributed by atoms with E-state index in [1.165, 1.54) is 11.0 Å². The maximum Gasteiger partial charge on any atom is 0.191 e. The number of para-hydroxylation sites is 4. The predicted molar refractivity (Wildman–Crippen MR) is 123 cm³/mol. The van der Waals surface area contributed by atoms with E-state index in [1.54, 1.807) is 7.05 Å². The van der Waals surface area contributed by atoms with Crippen molar-refractivity contribution >= 4 is 28.0 Å². The third kappa shape index (κ3) is 4.15. The van der Waals surface area contributed by atoms with Crippen molar-refractivity contribution < 1.29 is 0 Å². The number of hydrogen-bond donors (Lipinski definition) is 2. The first-order valence-corrected chi connectivity index (χ1v) is 10.5. The van der Waals surface area contributed by atoms with Gasteiger partial charge in [-0.15, -0.1) is 0 Å². The van der Waals surface area contributed by atoms with Crippen LogP contribution < -0.4 is 10.6 Å². The molecule has 0 saturated heterocycles. The molecule has 7 nitrogen and oxygen atoms in total. The summed E-state index contributed by atoms with van der Waals surface area (Å²) in [6.07, 6.45) is 0.993. The Kier molecular flexibility index (Phi) is 5.97. The summed E-state index contributed by atoms with van der Waals surface area (Å²) >= 11 is 0. The number of aliphatic imine (C=N–C) groups is 1. The molecule has 0 saturated carbocycles. The summed E-state index contributed by atoms with van der Waals surface area (Å²) in [6, 6.07) is 16.5. The van der Waals surface area contributed by atoms with Gasteiger partial charge in [0.1, 0.15) is 11.6 Å². The van der Waals surface area contributed by atoms with Crippen LogP contribution in [0.1, 0.15) is 18.1 Å². The van der Waals surface area contributed by atoms with Crippen LogP contribution in [0.4, 0.5) is 0 Å². The van der Waals surface area contributed by atoms with Gasteiger partial charge in [0.2, 0.25) is 0 Å². The zero-order chi connectivity index (χ0) is 20.9. The molecule has 0 atom stereocenters. The van der Waals surface area contributed by atoms with Gasteiger partial charge in [0, 0.05) is 33.2 Å². The lowest BCUT2D eigenvalue weighted by atomic mass is 10.3. The fourth-order valence-electron chi connectivity index (χ4n) is 3.91. The minimum Gasteiger partial charge on any atom is -0.356 e. The second-order valence-electron chi connectivity index (χ2n) is 7.38. The molecule has 4 aromatic rings. The van der Waals surface area contributed by atoms with Crippen LogP contribution in [0.2, 0.25) is 0 Å². The largest absolute Gasteiger partial charge is 0.356 e. The van der Waals surface area contributed by atoms with Crippen molar-refractivity contribution in [3.05, 3.63) is 60.2 Å². The maximum absolute atomic E-state index is 4.64. The molecule has 0 fully saturated rings. The Hall–Kier alpha value is -3.35. The fourth-order valence-corrected chi connectivity index (χ4v) is 3.91. The van der Waals surface area contributed by atoms with Gasteiger partial charge in [-0.3, -0.25) is 4.99 Å². The van der Waals surface area contributed by atoms with Crippen LogP contribution in [0, 0.1) is 13.8 Å². The van der Waals surface area contributed by atoms with Gasteiger partial charge in [-0.2, -0.15) is 0 Å². The molecule has 2 N–H and O–H groups in total. The zero-order valence-electron chi connectivity index (χ0n) is 17.9. The van der Waals surface area contributed by atoms with Gasteiger partial charge < -0.3 is 19.8 Å². The molecular formula is C23H29N7. The monoisotopic (exact) mass is 403 g/mol. The summed E-state index contributed by atoms with van der Waals surface area (Å²) in [4.78, 5) is 13.6. The number of imidazole rings is 2. The highest BCUT2D eigenvalue weighted by Gasteiger charge is 2.08. The predicted octanol–water partition coefficient (Wildman–Crippen LogP) is 3.26. The molecule has 0 unspecified atom stereocenters. The van der Waals surface area contributed by atoms with E-state index >= 15 is 0 Å². The third-order valence-electron chi connectivity index (χ3n) is 5.39. The van der Waals surface area contributed by atoms with Gasteiger partial charge in [-0.25, -0.2) is 9.97 Å². The highest BCUT2D eigenvalue weighted by molar-refractivity contribution is 5.79. The molecule has 0 amide bonds. The van der Waals surface area contributed by atoms with Gasteiger partial charge in [-0.05, 0) is 44.5 Å². The molecule has 2 heterocycles. The minimum absolute atomic E-state index is 0.784. The van der Waals surface area contributed by atoms with Crippen LogP contribution in [-0.2, 0) is 13.1 Å². The lowest BCUT2D eigenvalue weighted by molar-refractivity contribution is 0.617. The highest BCUT2D eigenvalue weighted by Crippen LogP contribution is 2.16. The Morgan fingerprint density at radius 2 is 1.33 bits per heavy atom. The third-order valence-corrected chi connectivity index (χ3v) is 5.39. The van der Waals surface area contributed by atoms with E-state index in [1.807, 2.05) is 12.1 Å². The van der Waals surface area contributed by atoms with E-state index in [0.29, 0.717) is 0 Å². The SMILES string of the molecule is CN=C(NCCCn1c(C)nc2ccccc21)NCCn1c(C)nc2ccccc21. The first-order valence-electron chi connectivity index (χ1n) is 10.5. The van der Waals surface area contributed by atoms with Crippen molar-refractivity contribution in [1.82, 2.24) is 29.7 Å². The Labute approximate surface area is 176 Å². The molecule has 2 aromatic heterocycles. The van der Waals surface area contributed by atoms with Gasteiger partial charge in [0.25, 0.3) is 0 Å². The molecular weight excluding hydrogens is 374 g/mol. The summed E-state index contributed by atoms with van der Waals surface area (Å²) in [5, 5.41) is 6.82.